The minimum absolute atomic E-state index is 0.108. The van der Waals surface area contributed by atoms with Gasteiger partial charge in [0.1, 0.15) is 0 Å². The molecule has 2 aromatic heterocycles. The number of amides is 1. The highest BCUT2D eigenvalue weighted by Crippen LogP contribution is 2.34. The number of imidazole rings is 1. The van der Waals surface area contributed by atoms with Crippen molar-refractivity contribution in [3.8, 4) is 17.1 Å². The third-order valence-corrected chi connectivity index (χ3v) is 3.14. The Morgan fingerprint density at radius 1 is 1.22 bits per heavy atom. The number of primary amides is 1. The van der Waals surface area contributed by atoms with E-state index in [1.807, 2.05) is 0 Å². The van der Waals surface area contributed by atoms with Crippen molar-refractivity contribution in [1.82, 2.24) is 19.7 Å². The molecule has 23 heavy (non-hydrogen) atoms. The van der Waals surface area contributed by atoms with Crippen molar-refractivity contribution < 1.29 is 18.0 Å². The molecular formula is C14H10F3N5O. The number of halogens is 3. The summed E-state index contributed by atoms with van der Waals surface area (Å²) in [5.41, 5.74) is 4.45. The predicted octanol–water partition coefficient (Wildman–Crippen LogP) is 2.38. The predicted molar refractivity (Wildman–Crippen MR) is 74.7 cm³/mol. The van der Waals surface area contributed by atoms with Crippen LogP contribution in [0.15, 0.2) is 42.7 Å². The highest BCUT2D eigenvalue weighted by molar-refractivity contribution is 5.93. The first-order valence-corrected chi connectivity index (χ1v) is 6.44. The second-order valence-corrected chi connectivity index (χ2v) is 4.66. The van der Waals surface area contributed by atoms with Crippen molar-refractivity contribution in [3.63, 3.8) is 0 Å². The van der Waals surface area contributed by atoms with E-state index in [0.717, 1.165) is 12.4 Å². The zero-order valence-corrected chi connectivity index (χ0v) is 11.5. The molecule has 0 aliphatic heterocycles. The Morgan fingerprint density at radius 3 is 2.52 bits per heavy atom. The fourth-order valence-corrected chi connectivity index (χ4v) is 2.12. The molecular weight excluding hydrogens is 311 g/mol. The minimum Gasteiger partial charge on any atom is -0.364 e. The number of aromatic amines is 1. The second kappa shape index (κ2) is 5.27. The number of hydrogen-bond donors (Lipinski definition) is 2. The Kier molecular flexibility index (Phi) is 3.40. The van der Waals surface area contributed by atoms with Crippen LogP contribution < -0.4 is 5.73 Å². The fourth-order valence-electron chi connectivity index (χ4n) is 2.12. The molecule has 3 aromatic rings. The summed E-state index contributed by atoms with van der Waals surface area (Å²) in [4.78, 5) is 17.5. The van der Waals surface area contributed by atoms with Crippen LogP contribution in [0.4, 0.5) is 13.2 Å². The van der Waals surface area contributed by atoms with Crippen LogP contribution in [0.25, 0.3) is 17.1 Å². The van der Waals surface area contributed by atoms with E-state index in [-0.39, 0.29) is 17.2 Å². The van der Waals surface area contributed by atoms with Crippen LogP contribution in [0.2, 0.25) is 0 Å². The molecule has 0 atom stereocenters. The van der Waals surface area contributed by atoms with Crippen LogP contribution in [-0.2, 0) is 6.18 Å². The van der Waals surface area contributed by atoms with Gasteiger partial charge in [-0.25, -0.2) is 9.67 Å². The van der Waals surface area contributed by atoms with Gasteiger partial charge >= 0.3 is 6.18 Å². The number of nitrogens with one attached hydrogen (secondary N) is 1. The van der Waals surface area contributed by atoms with Gasteiger partial charge in [0.2, 0.25) is 0 Å². The van der Waals surface area contributed by atoms with Gasteiger partial charge in [0.05, 0.1) is 12.0 Å². The van der Waals surface area contributed by atoms with E-state index < -0.39 is 17.8 Å². The van der Waals surface area contributed by atoms with Gasteiger partial charge in [0.25, 0.3) is 5.91 Å². The molecule has 0 fully saturated rings. The summed E-state index contributed by atoms with van der Waals surface area (Å²) in [6, 6.07) is 9.27. The zero-order chi connectivity index (χ0) is 16.6. The molecule has 0 aliphatic carbocycles. The van der Waals surface area contributed by atoms with Gasteiger partial charge < -0.3 is 10.7 Å². The van der Waals surface area contributed by atoms with Crippen molar-refractivity contribution in [3.05, 3.63) is 54.1 Å². The lowest BCUT2D eigenvalue weighted by molar-refractivity contribution is -0.142. The number of nitrogens with two attached hydrogens (primary N) is 1. The Labute approximate surface area is 127 Å². The molecule has 1 amide bonds. The average Bonchev–Trinajstić information content (AvgIpc) is 3.14. The fraction of sp³-hybridized carbons (Fsp3) is 0.0714. The van der Waals surface area contributed by atoms with Gasteiger partial charge in [0.15, 0.2) is 17.2 Å². The SMILES string of the molecule is NC(=O)c1[nH]cnc1-n1nc(-c2ccccc2)cc1C(F)(F)F. The van der Waals surface area contributed by atoms with E-state index in [1.54, 1.807) is 30.3 Å². The summed E-state index contributed by atoms with van der Waals surface area (Å²) in [6.45, 7) is 0. The number of alkyl halides is 3. The van der Waals surface area contributed by atoms with Gasteiger partial charge in [-0.15, -0.1) is 0 Å². The van der Waals surface area contributed by atoms with Gasteiger partial charge in [-0.1, -0.05) is 30.3 Å². The lowest BCUT2D eigenvalue weighted by atomic mass is 10.1. The number of benzene rings is 1. The first kappa shape index (κ1) is 14.8. The molecule has 3 N–H and O–H groups in total. The molecule has 6 nitrogen and oxygen atoms in total. The molecule has 0 unspecified atom stereocenters. The topological polar surface area (TPSA) is 89.6 Å². The summed E-state index contributed by atoms with van der Waals surface area (Å²) >= 11 is 0. The summed E-state index contributed by atoms with van der Waals surface area (Å²) < 4.78 is 40.4. The largest absolute Gasteiger partial charge is 0.433 e. The normalized spacial score (nSPS) is 11.6. The number of carbonyl (C=O) groups excluding carboxylic acids is 1. The highest BCUT2D eigenvalue weighted by Gasteiger charge is 2.37. The molecule has 3 rings (SSSR count). The second-order valence-electron chi connectivity index (χ2n) is 4.66. The Balaban J connectivity index is 2.21. The van der Waals surface area contributed by atoms with E-state index in [9.17, 15) is 18.0 Å². The van der Waals surface area contributed by atoms with Crippen molar-refractivity contribution >= 4 is 5.91 Å². The average molecular weight is 321 g/mol. The number of carbonyl (C=O) groups is 1. The molecule has 0 radical (unpaired) electrons. The number of rotatable bonds is 3. The molecule has 0 saturated carbocycles. The number of H-pyrrole nitrogens is 1. The number of aromatic nitrogens is 4. The Bertz CT molecular complexity index is 851. The first-order chi connectivity index (χ1) is 10.9. The summed E-state index contributed by atoms with van der Waals surface area (Å²) in [7, 11) is 0. The highest BCUT2D eigenvalue weighted by atomic mass is 19.4. The number of nitrogens with zero attached hydrogens (tertiary/aromatic N) is 3. The van der Waals surface area contributed by atoms with Crippen molar-refractivity contribution in [1.29, 1.82) is 0 Å². The maximum absolute atomic E-state index is 13.3. The molecule has 0 spiro atoms. The van der Waals surface area contributed by atoms with E-state index in [2.05, 4.69) is 15.1 Å². The maximum atomic E-state index is 13.3. The monoisotopic (exact) mass is 321 g/mol. The van der Waals surface area contributed by atoms with Crippen LogP contribution in [0.5, 0.6) is 0 Å². The third-order valence-electron chi connectivity index (χ3n) is 3.14. The van der Waals surface area contributed by atoms with E-state index in [0.29, 0.717) is 10.2 Å². The molecule has 0 aliphatic rings. The van der Waals surface area contributed by atoms with Crippen LogP contribution in [-0.4, -0.2) is 25.7 Å². The molecule has 1 aromatic carbocycles. The quantitative estimate of drug-likeness (QED) is 0.776. The summed E-state index contributed by atoms with van der Waals surface area (Å²) in [5, 5.41) is 3.94. The van der Waals surface area contributed by atoms with Gasteiger partial charge in [-0.05, 0) is 6.07 Å². The van der Waals surface area contributed by atoms with Gasteiger partial charge in [-0.3, -0.25) is 4.79 Å². The van der Waals surface area contributed by atoms with Gasteiger partial charge in [0, 0.05) is 5.56 Å². The zero-order valence-electron chi connectivity index (χ0n) is 11.5. The molecule has 2 heterocycles. The molecule has 9 heteroatoms. The van der Waals surface area contributed by atoms with Crippen LogP contribution in [0, 0.1) is 0 Å². The van der Waals surface area contributed by atoms with Crippen LogP contribution in [0.1, 0.15) is 16.2 Å². The van der Waals surface area contributed by atoms with Gasteiger partial charge in [-0.2, -0.15) is 18.3 Å². The lowest BCUT2D eigenvalue weighted by Gasteiger charge is -2.08. The van der Waals surface area contributed by atoms with E-state index in [1.165, 1.54) is 0 Å². The molecule has 118 valence electrons. The lowest BCUT2D eigenvalue weighted by Crippen LogP contribution is -2.19. The maximum Gasteiger partial charge on any atom is 0.433 e. The van der Waals surface area contributed by atoms with Crippen LogP contribution in [0.3, 0.4) is 0 Å². The summed E-state index contributed by atoms with van der Waals surface area (Å²) in [6.07, 6.45) is -3.59. The van der Waals surface area contributed by atoms with Crippen molar-refractivity contribution in [2.24, 2.45) is 5.73 Å². The molecule has 0 saturated heterocycles. The first-order valence-electron chi connectivity index (χ1n) is 6.44. The van der Waals surface area contributed by atoms with E-state index >= 15 is 0 Å². The van der Waals surface area contributed by atoms with Crippen molar-refractivity contribution in [2.45, 2.75) is 6.18 Å². The van der Waals surface area contributed by atoms with Crippen LogP contribution >= 0.6 is 0 Å². The number of hydrogen-bond acceptors (Lipinski definition) is 3. The molecule has 0 bridgehead atoms. The Morgan fingerprint density at radius 2 is 1.91 bits per heavy atom. The minimum atomic E-state index is -4.67. The van der Waals surface area contributed by atoms with E-state index in [4.69, 9.17) is 5.73 Å². The summed E-state index contributed by atoms with van der Waals surface area (Å²) in [5.74, 6) is -1.23. The smallest absolute Gasteiger partial charge is 0.364 e. The Hall–Kier alpha value is -3.10. The standard InChI is InChI=1S/C14H10F3N5O/c15-14(16,17)10-6-9(8-4-2-1-3-5-8)21-22(10)13-11(12(18)23)19-7-20-13/h1-7H,(H2,18,23)(H,19,20). The van der Waals surface area contributed by atoms with Crippen molar-refractivity contribution in [2.75, 3.05) is 0 Å². The third kappa shape index (κ3) is 2.68.